The highest BCUT2D eigenvalue weighted by molar-refractivity contribution is 5.91. The van der Waals surface area contributed by atoms with Gasteiger partial charge in [0.1, 0.15) is 11.5 Å². The number of nitrogens with one attached hydrogen (secondary N) is 2. The van der Waals surface area contributed by atoms with Crippen molar-refractivity contribution in [3.8, 4) is 11.4 Å². The van der Waals surface area contributed by atoms with Crippen LogP contribution in [0.5, 0.6) is 0 Å². The molecule has 3 aromatic rings. The number of aromatic nitrogens is 4. The topological polar surface area (TPSA) is 104 Å². The number of rotatable bonds is 4. The Labute approximate surface area is 176 Å². The van der Waals surface area contributed by atoms with Crippen molar-refractivity contribution in [2.45, 2.75) is 31.7 Å². The molecule has 0 unspecified atom stereocenters. The van der Waals surface area contributed by atoms with Gasteiger partial charge in [0.25, 0.3) is 0 Å². The molecule has 0 radical (unpaired) electrons. The van der Waals surface area contributed by atoms with Crippen LogP contribution in [0.3, 0.4) is 0 Å². The van der Waals surface area contributed by atoms with E-state index in [2.05, 4.69) is 25.3 Å². The highest BCUT2D eigenvalue weighted by Crippen LogP contribution is 2.46. The predicted molar refractivity (Wildman–Crippen MR) is 108 cm³/mol. The summed E-state index contributed by atoms with van der Waals surface area (Å²) < 4.78 is 28.1. The van der Waals surface area contributed by atoms with Gasteiger partial charge in [0, 0.05) is 23.2 Å². The molecule has 3 aliphatic carbocycles. The van der Waals surface area contributed by atoms with Crippen LogP contribution in [0.2, 0.25) is 0 Å². The fraction of sp³-hybridized carbons (Fsp3) is 0.400. The van der Waals surface area contributed by atoms with Gasteiger partial charge >= 0.3 is 5.97 Å². The van der Waals surface area contributed by atoms with Gasteiger partial charge in [-0.15, -0.1) is 12.4 Å². The van der Waals surface area contributed by atoms with Crippen LogP contribution in [0, 0.1) is 29.4 Å². The zero-order valence-electron chi connectivity index (χ0n) is 15.8. The summed E-state index contributed by atoms with van der Waals surface area (Å²) in [5.74, 6) is -2.12. The molecule has 10 heteroatoms. The Morgan fingerprint density at radius 1 is 1.13 bits per heavy atom. The number of carboxylic acid groups (broad SMARTS) is 1. The molecular formula is C20H20ClF2N5O2. The van der Waals surface area contributed by atoms with Crippen LogP contribution in [0.4, 0.5) is 14.6 Å². The molecule has 3 N–H and O–H groups in total. The summed E-state index contributed by atoms with van der Waals surface area (Å²) in [6.07, 6.45) is 7.39. The lowest BCUT2D eigenvalue weighted by atomic mass is 9.61. The Hall–Kier alpha value is -2.81. The molecule has 0 spiro atoms. The molecule has 30 heavy (non-hydrogen) atoms. The van der Waals surface area contributed by atoms with Crippen LogP contribution in [0.15, 0.2) is 24.7 Å². The first-order valence-corrected chi connectivity index (χ1v) is 9.66. The van der Waals surface area contributed by atoms with E-state index in [0.717, 1.165) is 38.1 Å². The van der Waals surface area contributed by atoms with Crippen molar-refractivity contribution < 1.29 is 18.7 Å². The maximum Gasteiger partial charge on any atom is 0.308 e. The lowest BCUT2D eigenvalue weighted by molar-refractivity contribution is -0.148. The summed E-state index contributed by atoms with van der Waals surface area (Å²) in [6, 6.07) is 0.938. The van der Waals surface area contributed by atoms with E-state index in [9.17, 15) is 18.7 Å². The molecule has 3 heterocycles. The molecule has 3 fully saturated rings. The van der Waals surface area contributed by atoms with E-state index in [-0.39, 0.29) is 41.9 Å². The summed E-state index contributed by atoms with van der Waals surface area (Å²) in [4.78, 5) is 27.1. The maximum absolute atomic E-state index is 14.5. The number of aliphatic carboxylic acids is 1. The first-order chi connectivity index (χ1) is 14.0. The Kier molecular flexibility index (Phi) is 5.31. The molecule has 3 saturated carbocycles. The van der Waals surface area contributed by atoms with Crippen LogP contribution in [0.25, 0.3) is 22.4 Å². The number of hydrogen-bond acceptors (Lipinski definition) is 5. The fourth-order valence-corrected chi connectivity index (χ4v) is 4.93. The van der Waals surface area contributed by atoms with Crippen LogP contribution >= 0.6 is 12.4 Å². The van der Waals surface area contributed by atoms with Gasteiger partial charge in [-0.1, -0.05) is 0 Å². The number of hydrogen-bond donors (Lipinski definition) is 3. The molecule has 158 valence electrons. The van der Waals surface area contributed by atoms with Crippen molar-refractivity contribution in [1.29, 1.82) is 0 Å². The van der Waals surface area contributed by atoms with Gasteiger partial charge in [0.15, 0.2) is 17.5 Å². The number of carboxylic acids is 1. The summed E-state index contributed by atoms with van der Waals surface area (Å²) in [7, 11) is 0. The third kappa shape index (κ3) is 3.36. The lowest BCUT2D eigenvalue weighted by Crippen LogP contribution is -2.51. The van der Waals surface area contributed by atoms with Gasteiger partial charge in [-0.3, -0.25) is 4.79 Å². The molecule has 0 aliphatic heterocycles. The maximum atomic E-state index is 14.5. The van der Waals surface area contributed by atoms with Gasteiger partial charge < -0.3 is 15.4 Å². The van der Waals surface area contributed by atoms with Crippen LogP contribution < -0.4 is 5.32 Å². The lowest BCUT2D eigenvalue weighted by Gasteiger charge is -2.47. The van der Waals surface area contributed by atoms with E-state index in [0.29, 0.717) is 16.6 Å². The van der Waals surface area contributed by atoms with Crippen LogP contribution in [0.1, 0.15) is 25.7 Å². The molecule has 0 aromatic carbocycles. The summed E-state index contributed by atoms with van der Waals surface area (Å²) >= 11 is 0. The largest absolute Gasteiger partial charge is 0.481 e. The van der Waals surface area contributed by atoms with Gasteiger partial charge in [0.05, 0.1) is 18.3 Å². The number of H-pyrrole nitrogens is 1. The number of anilines is 1. The molecule has 7 nitrogen and oxygen atoms in total. The van der Waals surface area contributed by atoms with E-state index in [1.807, 2.05) is 0 Å². The van der Waals surface area contributed by atoms with Crippen molar-refractivity contribution in [2.24, 2.45) is 17.8 Å². The van der Waals surface area contributed by atoms with Crippen LogP contribution in [-0.2, 0) is 4.79 Å². The molecule has 2 atom stereocenters. The molecule has 2 bridgehead atoms. The van der Waals surface area contributed by atoms with E-state index in [4.69, 9.17) is 0 Å². The second kappa shape index (κ2) is 7.79. The average Bonchev–Trinajstić information content (AvgIpc) is 3.13. The number of fused-ring (bicyclic) bond motifs is 4. The third-order valence-corrected chi connectivity index (χ3v) is 6.29. The Morgan fingerprint density at radius 3 is 2.60 bits per heavy atom. The Morgan fingerprint density at radius 2 is 1.87 bits per heavy atom. The van der Waals surface area contributed by atoms with E-state index in [1.165, 1.54) is 6.07 Å². The highest BCUT2D eigenvalue weighted by Gasteiger charge is 2.47. The van der Waals surface area contributed by atoms with Crippen molar-refractivity contribution in [3.05, 3.63) is 36.3 Å². The SMILES string of the molecule is Cl.O=C(O)[C@H]1C2CCC(CC2)[C@@H]1Nc1nc(-c2c[nH]c3ncc(F)cc23)ncc1F. The van der Waals surface area contributed by atoms with Crippen molar-refractivity contribution in [1.82, 2.24) is 19.9 Å². The number of nitrogens with zero attached hydrogens (tertiary/aromatic N) is 3. The molecular weight excluding hydrogens is 416 g/mol. The summed E-state index contributed by atoms with van der Waals surface area (Å²) in [5.41, 5.74) is 0.967. The van der Waals surface area contributed by atoms with Gasteiger partial charge in [-0.25, -0.2) is 23.7 Å². The van der Waals surface area contributed by atoms with Gasteiger partial charge in [-0.05, 0) is 43.6 Å². The zero-order chi connectivity index (χ0) is 20.1. The monoisotopic (exact) mass is 435 g/mol. The third-order valence-electron chi connectivity index (χ3n) is 6.29. The van der Waals surface area contributed by atoms with Crippen molar-refractivity contribution in [2.75, 3.05) is 5.32 Å². The number of aromatic amines is 1. The zero-order valence-corrected chi connectivity index (χ0v) is 16.6. The Balaban J connectivity index is 0.00000218. The van der Waals surface area contributed by atoms with E-state index >= 15 is 0 Å². The van der Waals surface area contributed by atoms with E-state index in [1.54, 1.807) is 6.20 Å². The minimum Gasteiger partial charge on any atom is -0.481 e. The molecule has 3 aliphatic rings. The molecule has 3 aromatic heterocycles. The molecule has 0 amide bonds. The van der Waals surface area contributed by atoms with E-state index < -0.39 is 23.5 Å². The number of pyridine rings is 1. The quantitative estimate of drug-likeness (QED) is 0.571. The number of carbonyl (C=O) groups is 1. The second-order valence-electron chi connectivity index (χ2n) is 7.85. The number of halogens is 3. The van der Waals surface area contributed by atoms with Gasteiger partial charge in [-0.2, -0.15) is 0 Å². The van der Waals surface area contributed by atoms with Gasteiger partial charge in [0.2, 0.25) is 0 Å². The second-order valence-corrected chi connectivity index (χ2v) is 7.85. The van der Waals surface area contributed by atoms with Crippen LogP contribution in [-0.4, -0.2) is 37.1 Å². The highest BCUT2D eigenvalue weighted by atomic mass is 35.5. The fourth-order valence-electron chi connectivity index (χ4n) is 4.93. The molecule has 6 rings (SSSR count). The minimum atomic E-state index is -0.857. The summed E-state index contributed by atoms with van der Waals surface area (Å²) in [5, 5.41) is 13.3. The predicted octanol–water partition coefficient (Wildman–Crippen LogP) is 4.02. The first kappa shape index (κ1) is 20.5. The van der Waals surface area contributed by atoms with Crippen molar-refractivity contribution >= 4 is 35.2 Å². The van der Waals surface area contributed by atoms with Crippen molar-refractivity contribution in [3.63, 3.8) is 0 Å². The molecule has 0 saturated heterocycles. The average molecular weight is 436 g/mol. The first-order valence-electron chi connectivity index (χ1n) is 9.66. The summed E-state index contributed by atoms with van der Waals surface area (Å²) in [6.45, 7) is 0. The Bertz CT molecular complexity index is 1100. The minimum absolute atomic E-state index is 0. The normalized spacial score (nSPS) is 25.1. The smallest absolute Gasteiger partial charge is 0.308 e. The standard InChI is InChI=1S/C20H19F2N5O2.ClH/c21-11-5-12-13(7-24-17(12)23-6-11)18-25-8-14(22)19(27-18)26-16-10-3-1-9(2-4-10)15(16)20(28)29;/h5-10,15-16H,1-4H2,(H,23,24)(H,28,29)(H,25,26,27);1H/t9?,10?,15-,16-;/m0./s1.